The molecule has 0 radical (unpaired) electrons. The fraction of sp³-hybridized carbons (Fsp3) is 0.467. The van der Waals surface area contributed by atoms with E-state index in [9.17, 15) is 8.78 Å². The lowest BCUT2D eigenvalue weighted by Crippen LogP contribution is -2.27. The molecule has 0 fully saturated rings. The number of terminal acetylenes is 1. The number of benzene rings is 1. The smallest absolute Gasteiger partial charge is 0.387 e. The Bertz CT molecular complexity index is 458. The molecule has 0 spiro atoms. The predicted octanol–water partition coefficient (Wildman–Crippen LogP) is 3.19. The minimum atomic E-state index is -2.89. The van der Waals surface area contributed by atoms with Gasteiger partial charge in [0.15, 0.2) is 11.5 Å². The fourth-order valence-corrected chi connectivity index (χ4v) is 1.84. The summed E-state index contributed by atoms with van der Waals surface area (Å²) in [6, 6.07) is 5.18. The van der Waals surface area contributed by atoms with Gasteiger partial charge in [-0.15, -0.1) is 12.3 Å². The van der Waals surface area contributed by atoms with Gasteiger partial charge in [0.25, 0.3) is 0 Å². The topological polar surface area (TPSA) is 30.5 Å². The van der Waals surface area contributed by atoms with Gasteiger partial charge < -0.3 is 14.8 Å². The molecule has 0 heterocycles. The molecule has 20 heavy (non-hydrogen) atoms. The molecule has 3 nitrogen and oxygen atoms in total. The highest BCUT2D eigenvalue weighted by Crippen LogP contribution is 2.32. The van der Waals surface area contributed by atoms with Gasteiger partial charge in [0.2, 0.25) is 0 Å². The first-order valence-electron chi connectivity index (χ1n) is 6.39. The predicted molar refractivity (Wildman–Crippen MR) is 74.0 cm³/mol. The molecule has 1 atom stereocenters. The van der Waals surface area contributed by atoms with Crippen molar-refractivity contribution in [3.8, 4) is 23.8 Å². The number of methoxy groups -OCH3 is 1. The summed E-state index contributed by atoms with van der Waals surface area (Å²) in [5.41, 5.74) is 0.611. The summed E-state index contributed by atoms with van der Waals surface area (Å²) in [6.45, 7) is -0.492. The SMILES string of the molecule is C#CCC(CC)NCc1cccc(OC)c1OC(F)F. The van der Waals surface area contributed by atoms with Crippen molar-refractivity contribution in [2.75, 3.05) is 7.11 Å². The Morgan fingerprint density at radius 1 is 1.40 bits per heavy atom. The minimum Gasteiger partial charge on any atom is -0.493 e. The van der Waals surface area contributed by atoms with Gasteiger partial charge >= 0.3 is 6.61 Å². The fourth-order valence-electron chi connectivity index (χ4n) is 1.84. The molecule has 0 amide bonds. The number of halogens is 2. The summed E-state index contributed by atoms with van der Waals surface area (Å²) in [7, 11) is 1.41. The van der Waals surface area contributed by atoms with Crippen molar-refractivity contribution in [3.63, 3.8) is 0 Å². The quantitative estimate of drug-likeness (QED) is 0.743. The summed E-state index contributed by atoms with van der Waals surface area (Å²) in [5, 5.41) is 3.23. The number of hydrogen-bond donors (Lipinski definition) is 1. The molecular weight excluding hydrogens is 264 g/mol. The largest absolute Gasteiger partial charge is 0.493 e. The number of para-hydroxylation sites is 1. The Balaban J connectivity index is 2.85. The molecule has 1 N–H and O–H groups in total. The van der Waals surface area contributed by atoms with Crippen LogP contribution in [0.5, 0.6) is 11.5 Å². The van der Waals surface area contributed by atoms with Gasteiger partial charge in [0.05, 0.1) is 7.11 Å². The monoisotopic (exact) mass is 283 g/mol. The molecule has 0 aliphatic carbocycles. The molecular formula is C15H19F2NO2. The molecule has 1 unspecified atom stereocenters. The Kier molecular flexibility index (Phi) is 6.82. The second-order valence-corrected chi connectivity index (χ2v) is 4.22. The normalized spacial score (nSPS) is 12.0. The van der Waals surface area contributed by atoms with E-state index in [2.05, 4.69) is 16.0 Å². The average molecular weight is 283 g/mol. The number of alkyl halides is 2. The molecule has 0 aliphatic heterocycles. The second kappa shape index (κ2) is 8.39. The highest BCUT2D eigenvalue weighted by molar-refractivity contribution is 5.46. The van der Waals surface area contributed by atoms with Crippen molar-refractivity contribution >= 4 is 0 Å². The van der Waals surface area contributed by atoms with Gasteiger partial charge in [-0.2, -0.15) is 8.78 Å². The lowest BCUT2D eigenvalue weighted by molar-refractivity contribution is -0.0518. The van der Waals surface area contributed by atoms with Crippen molar-refractivity contribution in [3.05, 3.63) is 23.8 Å². The zero-order valence-corrected chi connectivity index (χ0v) is 11.7. The van der Waals surface area contributed by atoms with Crippen LogP contribution in [-0.4, -0.2) is 19.8 Å². The Hall–Kier alpha value is -1.80. The second-order valence-electron chi connectivity index (χ2n) is 4.22. The number of ether oxygens (including phenoxy) is 2. The Labute approximate surface area is 118 Å². The number of rotatable bonds is 8. The maximum absolute atomic E-state index is 12.5. The van der Waals surface area contributed by atoms with Gasteiger partial charge in [0.1, 0.15) is 0 Å². The van der Waals surface area contributed by atoms with Crippen molar-refractivity contribution in [2.45, 2.75) is 39.0 Å². The van der Waals surface area contributed by atoms with Crippen LogP contribution in [0.3, 0.4) is 0 Å². The van der Waals surface area contributed by atoms with Crippen LogP contribution in [0, 0.1) is 12.3 Å². The molecule has 110 valence electrons. The molecule has 1 rings (SSSR count). The van der Waals surface area contributed by atoms with Gasteiger partial charge in [-0.1, -0.05) is 19.1 Å². The maximum atomic E-state index is 12.5. The van der Waals surface area contributed by atoms with E-state index in [4.69, 9.17) is 11.2 Å². The first-order chi connectivity index (χ1) is 9.62. The number of nitrogens with one attached hydrogen (secondary N) is 1. The third kappa shape index (κ3) is 4.71. The van der Waals surface area contributed by atoms with Gasteiger partial charge in [-0.25, -0.2) is 0 Å². The van der Waals surface area contributed by atoms with E-state index in [-0.39, 0.29) is 17.5 Å². The lowest BCUT2D eigenvalue weighted by atomic mass is 10.1. The van der Waals surface area contributed by atoms with E-state index in [0.717, 1.165) is 6.42 Å². The Morgan fingerprint density at radius 3 is 2.70 bits per heavy atom. The van der Waals surface area contributed by atoms with Gasteiger partial charge in [0, 0.05) is 24.6 Å². The van der Waals surface area contributed by atoms with Crippen LogP contribution in [0.4, 0.5) is 8.78 Å². The molecule has 0 saturated heterocycles. The summed E-state index contributed by atoms with van der Waals surface area (Å²) in [6.07, 6.45) is 6.73. The van der Waals surface area contributed by atoms with E-state index in [1.807, 2.05) is 6.92 Å². The van der Waals surface area contributed by atoms with E-state index >= 15 is 0 Å². The lowest BCUT2D eigenvalue weighted by Gasteiger charge is -2.18. The molecule has 5 heteroatoms. The zero-order valence-electron chi connectivity index (χ0n) is 11.7. The summed E-state index contributed by atoms with van der Waals surface area (Å²) < 4.78 is 34.6. The maximum Gasteiger partial charge on any atom is 0.387 e. The molecule has 0 aliphatic rings. The zero-order chi connectivity index (χ0) is 15.0. The van der Waals surface area contributed by atoms with E-state index in [1.165, 1.54) is 7.11 Å². The molecule has 0 aromatic heterocycles. The van der Waals surface area contributed by atoms with Crippen LogP contribution in [-0.2, 0) is 6.54 Å². The third-order valence-electron chi connectivity index (χ3n) is 2.93. The molecule has 1 aromatic carbocycles. The average Bonchev–Trinajstić information content (AvgIpc) is 2.44. The van der Waals surface area contributed by atoms with Crippen LogP contribution >= 0.6 is 0 Å². The summed E-state index contributed by atoms with van der Waals surface area (Å²) in [5.74, 6) is 2.94. The van der Waals surface area contributed by atoms with E-state index in [0.29, 0.717) is 18.5 Å². The molecule has 0 bridgehead atoms. The number of hydrogen-bond acceptors (Lipinski definition) is 3. The molecule has 0 saturated carbocycles. The highest BCUT2D eigenvalue weighted by Gasteiger charge is 2.15. The van der Waals surface area contributed by atoms with E-state index < -0.39 is 6.61 Å². The summed E-state index contributed by atoms with van der Waals surface area (Å²) >= 11 is 0. The third-order valence-corrected chi connectivity index (χ3v) is 2.93. The van der Waals surface area contributed by atoms with E-state index in [1.54, 1.807) is 18.2 Å². The van der Waals surface area contributed by atoms with Gasteiger partial charge in [-0.3, -0.25) is 0 Å². The summed E-state index contributed by atoms with van der Waals surface area (Å²) in [4.78, 5) is 0. The van der Waals surface area contributed by atoms with Crippen molar-refractivity contribution in [1.29, 1.82) is 0 Å². The highest BCUT2D eigenvalue weighted by atomic mass is 19.3. The van der Waals surface area contributed by atoms with Crippen LogP contribution in [0.15, 0.2) is 18.2 Å². The first-order valence-corrected chi connectivity index (χ1v) is 6.39. The van der Waals surface area contributed by atoms with Crippen molar-refractivity contribution < 1.29 is 18.3 Å². The Morgan fingerprint density at radius 2 is 2.15 bits per heavy atom. The molecule has 1 aromatic rings. The van der Waals surface area contributed by atoms with Crippen LogP contribution in [0.25, 0.3) is 0 Å². The van der Waals surface area contributed by atoms with Gasteiger partial charge in [-0.05, 0) is 12.5 Å². The first kappa shape index (κ1) is 16.3. The van der Waals surface area contributed by atoms with Crippen LogP contribution in [0.2, 0.25) is 0 Å². The van der Waals surface area contributed by atoms with Crippen molar-refractivity contribution in [2.24, 2.45) is 0 Å². The van der Waals surface area contributed by atoms with Crippen molar-refractivity contribution in [1.82, 2.24) is 5.32 Å². The minimum absolute atomic E-state index is 0.0630. The van der Waals surface area contributed by atoms with Crippen LogP contribution in [0.1, 0.15) is 25.3 Å². The van der Waals surface area contributed by atoms with Crippen LogP contribution < -0.4 is 14.8 Å². The standard InChI is InChI=1S/C15H19F2NO2/c1-4-7-12(5-2)18-10-11-8-6-9-13(19-3)14(11)20-15(16)17/h1,6,8-9,12,15,18H,5,7,10H2,2-3H3.